The highest BCUT2D eigenvalue weighted by molar-refractivity contribution is 5.29. The lowest BCUT2D eigenvalue weighted by atomic mass is 9.80. The van der Waals surface area contributed by atoms with E-state index in [1.54, 1.807) is 0 Å². The molecule has 3 atom stereocenters. The Kier molecular flexibility index (Phi) is 5.01. The number of hydrogen-bond acceptors (Lipinski definition) is 1. The van der Waals surface area contributed by atoms with E-state index in [0.717, 1.165) is 6.42 Å². The van der Waals surface area contributed by atoms with Crippen molar-refractivity contribution in [2.45, 2.75) is 46.6 Å². The predicted molar refractivity (Wildman–Crippen MR) is 71.3 cm³/mol. The maximum absolute atomic E-state index is 6.43. The van der Waals surface area contributed by atoms with Crippen molar-refractivity contribution < 1.29 is 0 Å². The van der Waals surface area contributed by atoms with E-state index in [4.69, 9.17) is 5.73 Å². The molecule has 0 amide bonds. The van der Waals surface area contributed by atoms with Crippen LogP contribution in [0.25, 0.3) is 0 Å². The summed E-state index contributed by atoms with van der Waals surface area (Å²) in [5.41, 5.74) is 9.06. The van der Waals surface area contributed by atoms with Gasteiger partial charge in [-0.1, -0.05) is 57.9 Å². The average Bonchev–Trinajstić information content (AvgIpc) is 2.30. The third kappa shape index (κ3) is 2.85. The van der Waals surface area contributed by atoms with Crippen molar-refractivity contribution in [3.8, 4) is 0 Å². The Morgan fingerprint density at radius 2 is 1.75 bits per heavy atom. The normalized spacial score (nSPS) is 16.8. The van der Waals surface area contributed by atoms with Crippen molar-refractivity contribution in [1.82, 2.24) is 0 Å². The minimum absolute atomic E-state index is 0.182. The smallest absolute Gasteiger partial charge is 0.0328 e. The van der Waals surface area contributed by atoms with Gasteiger partial charge in [-0.25, -0.2) is 0 Å². The van der Waals surface area contributed by atoms with Crippen molar-refractivity contribution in [3.05, 3.63) is 35.4 Å². The lowest BCUT2D eigenvalue weighted by molar-refractivity contribution is 0.285. The van der Waals surface area contributed by atoms with Crippen LogP contribution in [0.1, 0.15) is 50.8 Å². The molecule has 0 bridgehead atoms. The van der Waals surface area contributed by atoms with Crippen molar-refractivity contribution in [1.29, 1.82) is 0 Å². The average molecular weight is 219 g/mol. The van der Waals surface area contributed by atoms with Gasteiger partial charge in [0.25, 0.3) is 0 Å². The zero-order valence-electron chi connectivity index (χ0n) is 11.0. The van der Waals surface area contributed by atoms with Gasteiger partial charge in [0.15, 0.2) is 0 Å². The Labute approximate surface area is 100 Å². The molecule has 0 radical (unpaired) electrons. The molecule has 90 valence electrons. The zero-order chi connectivity index (χ0) is 12.1. The number of hydrogen-bond donors (Lipinski definition) is 1. The summed E-state index contributed by atoms with van der Waals surface area (Å²) in [6.45, 7) is 8.96. The highest BCUT2D eigenvalue weighted by atomic mass is 14.7. The Balaban J connectivity index is 2.91. The second-order valence-electron chi connectivity index (χ2n) is 4.84. The van der Waals surface area contributed by atoms with Crippen LogP contribution >= 0.6 is 0 Å². The fourth-order valence-electron chi connectivity index (χ4n) is 2.50. The maximum Gasteiger partial charge on any atom is 0.0328 e. The summed E-state index contributed by atoms with van der Waals surface area (Å²) in [7, 11) is 0. The summed E-state index contributed by atoms with van der Waals surface area (Å²) in [5.74, 6) is 1.28. The molecular weight excluding hydrogens is 194 g/mol. The van der Waals surface area contributed by atoms with Crippen LogP contribution in [0.4, 0.5) is 0 Å². The van der Waals surface area contributed by atoms with E-state index in [1.807, 2.05) is 0 Å². The fraction of sp³-hybridized carbons (Fsp3) is 0.600. The van der Waals surface area contributed by atoms with Gasteiger partial charge in [0.2, 0.25) is 0 Å². The number of nitrogens with two attached hydrogens (primary N) is 1. The largest absolute Gasteiger partial charge is 0.324 e. The number of aryl methyl sites for hydroxylation is 1. The second-order valence-corrected chi connectivity index (χ2v) is 4.84. The molecule has 1 aromatic carbocycles. The van der Waals surface area contributed by atoms with Crippen LogP contribution in [-0.4, -0.2) is 0 Å². The Morgan fingerprint density at radius 1 is 1.12 bits per heavy atom. The number of benzene rings is 1. The van der Waals surface area contributed by atoms with Crippen LogP contribution in [-0.2, 0) is 0 Å². The molecule has 16 heavy (non-hydrogen) atoms. The van der Waals surface area contributed by atoms with Gasteiger partial charge < -0.3 is 5.73 Å². The lowest BCUT2D eigenvalue weighted by Crippen LogP contribution is -2.26. The quantitative estimate of drug-likeness (QED) is 0.793. The third-order valence-electron chi connectivity index (χ3n) is 3.86. The molecule has 0 aromatic heterocycles. The summed E-state index contributed by atoms with van der Waals surface area (Å²) < 4.78 is 0. The molecule has 2 N–H and O–H groups in total. The Morgan fingerprint density at radius 3 is 2.25 bits per heavy atom. The molecule has 0 spiro atoms. The molecule has 0 aliphatic heterocycles. The van der Waals surface area contributed by atoms with E-state index in [1.165, 1.54) is 17.5 Å². The maximum atomic E-state index is 6.43. The van der Waals surface area contributed by atoms with E-state index >= 15 is 0 Å². The SMILES string of the molecule is CCC(C)C(CC)[C@@H](N)c1ccccc1C. The van der Waals surface area contributed by atoms with E-state index in [0.29, 0.717) is 11.8 Å². The molecule has 0 aliphatic carbocycles. The molecule has 0 saturated heterocycles. The highest BCUT2D eigenvalue weighted by Gasteiger charge is 2.23. The van der Waals surface area contributed by atoms with Crippen molar-refractivity contribution in [3.63, 3.8) is 0 Å². The monoisotopic (exact) mass is 219 g/mol. The van der Waals surface area contributed by atoms with Gasteiger partial charge >= 0.3 is 0 Å². The molecule has 0 heterocycles. The summed E-state index contributed by atoms with van der Waals surface area (Å²) >= 11 is 0. The standard InChI is InChI=1S/C15H25N/c1-5-11(3)13(6-2)15(16)14-10-8-7-9-12(14)4/h7-11,13,15H,5-6,16H2,1-4H3/t11?,13?,15-/m1/s1. The predicted octanol–water partition coefficient (Wildman–Crippen LogP) is 4.07. The van der Waals surface area contributed by atoms with E-state index < -0.39 is 0 Å². The second kappa shape index (κ2) is 6.05. The first-order chi connectivity index (χ1) is 7.61. The molecular formula is C15H25N. The van der Waals surface area contributed by atoms with E-state index in [9.17, 15) is 0 Å². The van der Waals surface area contributed by atoms with Gasteiger partial charge in [-0.3, -0.25) is 0 Å². The first-order valence-electron chi connectivity index (χ1n) is 6.42. The molecule has 1 aromatic rings. The first-order valence-corrected chi connectivity index (χ1v) is 6.42. The van der Waals surface area contributed by atoms with Gasteiger partial charge in [-0.05, 0) is 29.9 Å². The van der Waals surface area contributed by atoms with Crippen LogP contribution in [0.15, 0.2) is 24.3 Å². The molecule has 0 saturated carbocycles. The lowest BCUT2D eigenvalue weighted by Gasteiger charge is -2.29. The Bertz CT molecular complexity index is 319. The van der Waals surface area contributed by atoms with Crippen molar-refractivity contribution in [2.75, 3.05) is 0 Å². The summed E-state index contributed by atoms with van der Waals surface area (Å²) in [4.78, 5) is 0. The molecule has 1 heteroatoms. The zero-order valence-corrected chi connectivity index (χ0v) is 11.0. The van der Waals surface area contributed by atoms with Gasteiger partial charge in [-0.2, -0.15) is 0 Å². The molecule has 1 nitrogen and oxygen atoms in total. The topological polar surface area (TPSA) is 26.0 Å². The summed E-state index contributed by atoms with van der Waals surface area (Å²) in [6.07, 6.45) is 2.36. The number of rotatable bonds is 5. The fourth-order valence-corrected chi connectivity index (χ4v) is 2.50. The highest BCUT2D eigenvalue weighted by Crippen LogP contribution is 2.31. The van der Waals surface area contributed by atoms with Crippen molar-refractivity contribution in [2.24, 2.45) is 17.6 Å². The summed E-state index contributed by atoms with van der Waals surface area (Å²) in [6, 6.07) is 8.67. The van der Waals surface area contributed by atoms with Crippen LogP contribution in [0, 0.1) is 18.8 Å². The van der Waals surface area contributed by atoms with Gasteiger partial charge in [0.1, 0.15) is 0 Å². The van der Waals surface area contributed by atoms with Crippen LogP contribution in [0.3, 0.4) is 0 Å². The van der Waals surface area contributed by atoms with Gasteiger partial charge in [0.05, 0.1) is 0 Å². The summed E-state index contributed by atoms with van der Waals surface area (Å²) in [5, 5.41) is 0. The van der Waals surface area contributed by atoms with E-state index in [2.05, 4.69) is 52.0 Å². The van der Waals surface area contributed by atoms with Crippen LogP contribution in [0.5, 0.6) is 0 Å². The third-order valence-corrected chi connectivity index (χ3v) is 3.86. The minimum atomic E-state index is 0.182. The molecule has 0 fully saturated rings. The van der Waals surface area contributed by atoms with Crippen LogP contribution in [0.2, 0.25) is 0 Å². The van der Waals surface area contributed by atoms with Gasteiger partial charge in [-0.15, -0.1) is 0 Å². The first kappa shape index (κ1) is 13.2. The van der Waals surface area contributed by atoms with Crippen LogP contribution < -0.4 is 5.73 Å². The van der Waals surface area contributed by atoms with E-state index in [-0.39, 0.29) is 6.04 Å². The minimum Gasteiger partial charge on any atom is -0.324 e. The molecule has 2 unspecified atom stereocenters. The molecule has 1 rings (SSSR count). The van der Waals surface area contributed by atoms with Gasteiger partial charge in [0, 0.05) is 6.04 Å². The Hall–Kier alpha value is -0.820. The molecule has 0 aliphatic rings. The van der Waals surface area contributed by atoms with Crippen molar-refractivity contribution >= 4 is 0 Å².